The first-order valence-corrected chi connectivity index (χ1v) is 11.3. The lowest BCUT2D eigenvalue weighted by molar-refractivity contribution is 0.102. The number of hydrogen-bond donors (Lipinski definition) is 2. The van der Waals surface area contributed by atoms with Gasteiger partial charge in [0.2, 0.25) is 0 Å². The predicted molar refractivity (Wildman–Crippen MR) is 135 cm³/mol. The van der Waals surface area contributed by atoms with Crippen LogP contribution in [0.25, 0.3) is 10.8 Å². The van der Waals surface area contributed by atoms with Crippen LogP contribution in [0.15, 0.2) is 78.9 Å². The highest BCUT2D eigenvalue weighted by molar-refractivity contribution is 6.31. The van der Waals surface area contributed by atoms with Gasteiger partial charge in [-0.25, -0.2) is 0 Å². The number of carbonyl (C=O) groups excluding carboxylic acids is 1. The maximum Gasteiger partial charge on any atom is 0.259 e. The summed E-state index contributed by atoms with van der Waals surface area (Å²) < 4.78 is 6.07. The minimum absolute atomic E-state index is 0.0655. The molecule has 0 bridgehead atoms. The van der Waals surface area contributed by atoms with Crippen LogP contribution in [0, 0.1) is 0 Å². The van der Waals surface area contributed by atoms with Gasteiger partial charge in [0.05, 0.1) is 11.3 Å². The molecule has 4 rings (SSSR count). The van der Waals surface area contributed by atoms with E-state index in [0.717, 1.165) is 11.8 Å². The number of halogens is 1. The number of phenols is 1. The molecule has 4 aromatic carbocycles. The van der Waals surface area contributed by atoms with Gasteiger partial charge in [-0.3, -0.25) is 4.79 Å². The summed E-state index contributed by atoms with van der Waals surface area (Å²) in [5, 5.41) is 15.4. The highest BCUT2D eigenvalue weighted by atomic mass is 35.5. The Labute approximate surface area is 198 Å². The van der Waals surface area contributed by atoms with Crippen molar-refractivity contribution in [3.8, 4) is 17.2 Å². The number of hydrogen-bond acceptors (Lipinski definition) is 3. The second-order valence-corrected chi connectivity index (χ2v) is 9.08. The summed E-state index contributed by atoms with van der Waals surface area (Å²) in [6, 6.07) is 23.8. The molecule has 0 spiro atoms. The van der Waals surface area contributed by atoms with Crippen molar-refractivity contribution in [3.63, 3.8) is 0 Å². The van der Waals surface area contributed by atoms with Crippen molar-refractivity contribution in [3.05, 3.63) is 95.0 Å². The molecule has 33 heavy (non-hydrogen) atoms. The van der Waals surface area contributed by atoms with Crippen LogP contribution < -0.4 is 10.1 Å². The molecule has 0 aliphatic heterocycles. The van der Waals surface area contributed by atoms with Crippen molar-refractivity contribution in [2.24, 2.45) is 0 Å². The van der Waals surface area contributed by atoms with Gasteiger partial charge in [-0.15, -0.1) is 0 Å². The lowest BCUT2D eigenvalue weighted by atomic mass is 9.82. The third-order valence-electron chi connectivity index (χ3n) is 6.08. The van der Waals surface area contributed by atoms with Crippen molar-refractivity contribution in [2.45, 2.75) is 32.6 Å². The topological polar surface area (TPSA) is 58.6 Å². The molecule has 2 N–H and O–H groups in total. The summed E-state index contributed by atoms with van der Waals surface area (Å²) in [4.78, 5) is 13.0. The molecule has 0 aromatic heterocycles. The first-order valence-electron chi connectivity index (χ1n) is 10.9. The van der Waals surface area contributed by atoms with Crippen LogP contribution in [0.5, 0.6) is 17.2 Å². The van der Waals surface area contributed by atoms with Gasteiger partial charge >= 0.3 is 0 Å². The fourth-order valence-corrected chi connectivity index (χ4v) is 3.79. The highest BCUT2D eigenvalue weighted by Crippen LogP contribution is 2.35. The SMILES string of the molecule is CCC(C)(C)c1ccc(Oc2ccc(Cl)cc2NC(=O)c2ccc3ccccc3c2O)cc1. The highest BCUT2D eigenvalue weighted by Gasteiger charge is 2.19. The first-order chi connectivity index (χ1) is 15.8. The summed E-state index contributed by atoms with van der Waals surface area (Å²) in [7, 11) is 0. The molecule has 0 atom stereocenters. The van der Waals surface area contributed by atoms with Gasteiger partial charge in [0, 0.05) is 10.4 Å². The average molecular weight is 460 g/mol. The predicted octanol–water partition coefficient (Wildman–Crippen LogP) is 7.93. The maximum atomic E-state index is 13.0. The Bertz CT molecular complexity index is 1310. The fourth-order valence-electron chi connectivity index (χ4n) is 3.62. The van der Waals surface area contributed by atoms with E-state index in [2.05, 4.69) is 38.2 Å². The number of carbonyl (C=O) groups is 1. The molecule has 4 nitrogen and oxygen atoms in total. The Balaban J connectivity index is 1.60. The molecule has 1 amide bonds. The molecule has 168 valence electrons. The van der Waals surface area contributed by atoms with Crippen molar-refractivity contribution in [1.82, 2.24) is 0 Å². The van der Waals surface area contributed by atoms with Crippen LogP contribution in [0.2, 0.25) is 5.02 Å². The summed E-state index contributed by atoms with van der Waals surface area (Å²) in [6.45, 7) is 6.58. The zero-order valence-corrected chi connectivity index (χ0v) is 19.6. The standard InChI is InChI=1S/C28H26ClNO3/c1-4-28(2,3)19-10-13-21(14-11-19)33-25-16-12-20(29)17-24(25)30-27(32)23-15-9-18-7-5-6-8-22(18)26(23)31/h5-17,31H,4H2,1-3H3,(H,30,32). The third kappa shape index (κ3) is 4.81. The maximum absolute atomic E-state index is 13.0. The smallest absolute Gasteiger partial charge is 0.259 e. The number of fused-ring (bicyclic) bond motifs is 1. The third-order valence-corrected chi connectivity index (χ3v) is 6.32. The molecule has 0 saturated heterocycles. The second kappa shape index (κ2) is 9.16. The Hall–Kier alpha value is -3.50. The molecule has 5 heteroatoms. The number of nitrogens with one attached hydrogen (secondary N) is 1. The Morgan fingerprint density at radius 2 is 1.73 bits per heavy atom. The quantitative estimate of drug-likeness (QED) is 0.307. The van der Waals surface area contributed by atoms with Crippen LogP contribution >= 0.6 is 11.6 Å². The fraction of sp³-hybridized carbons (Fsp3) is 0.179. The van der Waals surface area contributed by atoms with E-state index in [0.29, 0.717) is 27.6 Å². The average Bonchev–Trinajstić information content (AvgIpc) is 2.81. The van der Waals surface area contributed by atoms with Crippen molar-refractivity contribution in [1.29, 1.82) is 0 Å². The molecule has 4 aromatic rings. The van der Waals surface area contributed by atoms with Gasteiger partial charge in [0.15, 0.2) is 5.75 Å². The van der Waals surface area contributed by atoms with Gasteiger partial charge in [-0.2, -0.15) is 0 Å². The van der Waals surface area contributed by atoms with E-state index in [1.807, 2.05) is 30.3 Å². The van der Waals surface area contributed by atoms with Crippen LogP contribution in [0.1, 0.15) is 43.1 Å². The molecule has 0 aliphatic carbocycles. The van der Waals surface area contributed by atoms with E-state index < -0.39 is 5.91 Å². The van der Waals surface area contributed by atoms with Gasteiger partial charge in [-0.1, -0.05) is 74.8 Å². The second-order valence-electron chi connectivity index (χ2n) is 8.64. The zero-order valence-electron chi connectivity index (χ0n) is 18.9. The zero-order chi connectivity index (χ0) is 23.6. The van der Waals surface area contributed by atoms with Crippen molar-refractivity contribution in [2.75, 3.05) is 5.32 Å². The first kappa shape index (κ1) is 22.7. The summed E-state index contributed by atoms with van der Waals surface area (Å²) in [5.41, 5.74) is 1.90. The summed E-state index contributed by atoms with van der Waals surface area (Å²) in [6.07, 6.45) is 1.03. The van der Waals surface area contributed by atoms with E-state index >= 15 is 0 Å². The molecule has 0 saturated carbocycles. The van der Waals surface area contributed by atoms with Gasteiger partial charge in [0.25, 0.3) is 5.91 Å². The normalized spacial score (nSPS) is 11.4. The van der Waals surface area contributed by atoms with E-state index in [9.17, 15) is 9.90 Å². The van der Waals surface area contributed by atoms with Crippen LogP contribution in [0.4, 0.5) is 5.69 Å². The largest absolute Gasteiger partial charge is 0.506 e. The number of anilines is 1. The number of phenolic OH excluding ortho intramolecular Hbond substituents is 1. The lowest BCUT2D eigenvalue weighted by Gasteiger charge is -2.23. The molecule has 0 unspecified atom stereocenters. The summed E-state index contributed by atoms with van der Waals surface area (Å²) >= 11 is 6.19. The monoisotopic (exact) mass is 459 g/mol. The van der Waals surface area contributed by atoms with Crippen LogP contribution in [0.3, 0.4) is 0 Å². The van der Waals surface area contributed by atoms with Gasteiger partial charge in [0.1, 0.15) is 11.5 Å². The Morgan fingerprint density at radius 3 is 2.45 bits per heavy atom. The molecule has 0 heterocycles. The molecular weight excluding hydrogens is 434 g/mol. The van der Waals surface area contributed by atoms with Crippen LogP contribution in [-0.2, 0) is 5.41 Å². The lowest BCUT2D eigenvalue weighted by Crippen LogP contribution is -2.15. The number of rotatable bonds is 6. The molecule has 0 fully saturated rings. The summed E-state index contributed by atoms with van der Waals surface area (Å²) in [5.74, 6) is 0.585. The number of aromatic hydroxyl groups is 1. The van der Waals surface area contributed by atoms with Gasteiger partial charge in [-0.05, 0) is 59.2 Å². The van der Waals surface area contributed by atoms with E-state index in [1.165, 1.54) is 5.56 Å². The molecular formula is C28H26ClNO3. The number of benzene rings is 4. The van der Waals surface area contributed by atoms with E-state index in [-0.39, 0.29) is 16.7 Å². The Kier molecular flexibility index (Phi) is 6.30. The van der Waals surface area contributed by atoms with Gasteiger partial charge < -0.3 is 15.2 Å². The van der Waals surface area contributed by atoms with Crippen molar-refractivity contribution < 1.29 is 14.6 Å². The number of ether oxygens (including phenoxy) is 1. The Morgan fingerprint density at radius 1 is 1.00 bits per heavy atom. The minimum Gasteiger partial charge on any atom is -0.506 e. The minimum atomic E-state index is -0.453. The van der Waals surface area contributed by atoms with Crippen LogP contribution in [-0.4, -0.2) is 11.0 Å². The van der Waals surface area contributed by atoms with Crippen molar-refractivity contribution >= 4 is 34.0 Å². The van der Waals surface area contributed by atoms with E-state index in [4.69, 9.17) is 16.3 Å². The number of amides is 1. The molecule has 0 radical (unpaired) electrons. The molecule has 0 aliphatic rings. The van der Waals surface area contributed by atoms with E-state index in [1.54, 1.807) is 36.4 Å².